The van der Waals surface area contributed by atoms with E-state index < -0.39 is 10.8 Å². The van der Waals surface area contributed by atoms with Gasteiger partial charge in [-0.25, -0.2) is 0 Å². The SMILES string of the molecule is CC1CC(C)CC(NC(=O)c2cc(O)ccc2[N+](=O)[O-])C1. The lowest BCUT2D eigenvalue weighted by atomic mass is 9.80. The number of hydrogen-bond acceptors (Lipinski definition) is 4. The number of nitro groups is 1. The summed E-state index contributed by atoms with van der Waals surface area (Å²) in [5, 5.41) is 23.3. The Labute approximate surface area is 123 Å². The van der Waals surface area contributed by atoms with E-state index in [1.807, 2.05) is 0 Å². The zero-order valence-electron chi connectivity index (χ0n) is 12.2. The summed E-state index contributed by atoms with van der Waals surface area (Å²) in [4.78, 5) is 22.6. The molecule has 0 bridgehead atoms. The Morgan fingerprint density at radius 1 is 1.29 bits per heavy atom. The molecule has 0 aliphatic heterocycles. The number of carbonyl (C=O) groups is 1. The van der Waals surface area contributed by atoms with Crippen molar-refractivity contribution < 1.29 is 14.8 Å². The van der Waals surface area contributed by atoms with Gasteiger partial charge in [0.1, 0.15) is 11.3 Å². The summed E-state index contributed by atoms with van der Waals surface area (Å²) >= 11 is 0. The van der Waals surface area contributed by atoms with Crippen molar-refractivity contribution in [2.75, 3.05) is 0 Å². The summed E-state index contributed by atoms with van der Waals surface area (Å²) in [5.41, 5.74) is -0.381. The molecular weight excluding hydrogens is 272 g/mol. The Morgan fingerprint density at radius 3 is 2.48 bits per heavy atom. The topological polar surface area (TPSA) is 92.5 Å². The van der Waals surface area contributed by atoms with Crippen molar-refractivity contribution in [1.29, 1.82) is 0 Å². The minimum atomic E-state index is -0.611. The number of benzene rings is 1. The number of rotatable bonds is 3. The molecule has 2 N–H and O–H groups in total. The maximum atomic E-state index is 12.3. The third kappa shape index (κ3) is 3.71. The first kappa shape index (κ1) is 15.3. The van der Waals surface area contributed by atoms with E-state index >= 15 is 0 Å². The summed E-state index contributed by atoms with van der Waals surface area (Å²) in [5.74, 6) is 0.399. The molecule has 0 aromatic heterocycles. The average Bonchev–Trinajstić information content (AvgIpc) is 2.36. The number of nitrogens with one attached hydrogen (secondary N) is 1. The first-order valence-electron chi connectivity index (χ1n) is 7.15. The number of nitro benzene ring substituents is 1. The highest BCUT2D eigenvalue weighted by molar-refractivity contribution is 5.98. The maximum Gasteiger partial charge on any atom is 0.282 e. The van der Waals surface area contributed by atoms with Gasteiger partial charge in [-0.2, -0.15) is 0 Å². The van der Waals surface area contributed by atoms with Crippen LogP contribution in [-0.2, 0) is 0 Å². The van der Waals surface area contributed by atoms with Gasteiger partial charge in [0.15, 0.2) is 0 Å². The van der Waals surface area contributed by atoms with E-state index in [-0.39, 0.29) is 23.0 Å². The van der Waals surface area contributed by atoms with Crippen molar-refractivity contribution in [2.24, 2.45) is 11.8 Å². The van der Waals surface area contributed by atoms with Crippen molar-refractivity contribution in [3.63, 3.8) is 0 Å². The second-order valence-corrected chi connectivity index (χ2v) is 6.05. The van der Waals surface area contributed by atoms with Crippen LogP contribution in [0.1, 0.15) is 43.5 Å². The van der Waals surface area contributed by atoms with Gasteiger partial charge in [-0.3, -0.25) is 14.9 Å². The Kier molecular flexibility index (Phi) is 4.45. The number of phenols is 1. The minimum absolute atomic E-state index is 0.0261. The zero-order chi connectivity index (χ0) is 15.6. The lowest BCUT2D eigenvalue weighted by Gasteiger charge is -2.31. The van der Waals surface area contributed by atoms with Gasteiger partial charge in [0.25, 0.3) is 11.6 Å². The van der Waals surface area contributed by atoms with Crippen molar-refractivity contribution in [1.82, 2.24) is 5.32 Å². The molecule has 0 saturated heterocycles. The molecule has 0 spiro atoms. The van der Waals surface area contributed by atoms with Crippen LogP contribution in [-0.4, -0.2) is 22.0 Å². The van der Waals surface area contributed by atoms with Crippen LogP contribution < -0.4 is 5.32 Å². The van der Waals surface area contributed by atoms with Crippen LogP contribution in [0.15, 0.2) is 18.2 Å². The molecule has 6 nitrogen and oxygen atoms in total. The van der Waals surface area contributed by atoms with Crippen molar-refractivity contribution in [3.05, 3.63) is 33.9 Å². The third-order valence-electron chi connectivity index (χ3n) is 3.94. The number of amides is 1. The Hall–Kier alpha value is -2.11. The molecule has 2 atom stereocenters. The van der Waals surface area contributed by atoms with Gasteiger partial charge in [0.2, 0.25) is 0 Å². The lowest BCUT2D eigenvalue weighted by molar-refractivity contribution is -0.385. The van der Waals surface area contributed by atoms with Gasteiger partial charge in [-0.05, 0) is 43.2 Å². The molecule has 1 amide bonds. The summed E-state index contributed by atoms with van der Waals surface area (Å²) in [6, 6.07) is 3.53. The van der Waals surface area contributed by atoms with Crippen LogP contribution in [0.4, 0.5) is 5.69 Å². The molecule has 114 valence electrons. The van der Waals surface area contributed by atoms with Crippen molar-refractivity contribution >= 4 is 11.6 Å². The third-order valence-corrected chi connectivity index (χ3v) is 3.94. The van der Waals surface area contributed by atoms with Crippen LogP contribution in [0.3, 0.4) is 0 Å². The summed E-state index contributed by atoms with van der Waals surface area (Å²) in [6.45, 7) is 4.29. The van der Waals surface area contributed by atoms with Crippen LogP contribution in [0.2, 0.25) is 0 Å². The van der Waals surface area contributed by atoms with Crippen LogP contribution >= 0.6 is 0 Å². The fourth-order valence-electron chi connectivity index (χ4n) is 3.19. The predicted octanol–water partition coefficient (Wildman–Crippen LogP) is 2.85. The van der Waals surface area contributed by atoms with Crippen LogP contribution in [0.5, 0.6) is 5.75 Å². The normalized spacial score (nSPS) is 25.3. The van der Waals surface area contributed by atoms with Crippen molar-refractivity contribution in [3.8, 4) is 5.75 Å². The molecule has 1 aromatic rings. The average molecular weight is 292 g/mol. The van der Waals surface area contributed by atoms with Crippen LogP contribution in [0.25, 0.3) is 0 Å². The Morgan fingerprint density at radius 2 is 1.90 bits per heavy atom. The fourth-order valence-corrected chi connectivity index (χ4v) is 3.19. The van der Waals surface area contributed by atoms with Crippen LogP contribution in [0, 0.1) is 22.0 Å². The van der Waals surface area contributed by atoms with Gasteiger partial charge in [-0.1, -0.05) is 13.8 Å². The van der Waals surface area contributed by atoms with E-state index in [0.717, 1.165) is 31.4 Å². The molecule has 6 heteroatoms. The minimum Gasteiger partial charge on any atom is -0.508 e. The molecule has 1 aliphatic carbocycles. The molecule has 2 rings (SSSR count). The highest BCUT2D eigenvalue weighted by Gasteiger charge is 2.27. The van der Waals surface area contributed by atoms with Gasteiger partial charge in [0, 0.05) is 12.1 Å². The molecule has 21 heavy (non-hydrogen) atoms. The molecular formula is C15H20N2O4. The second-order valence-electron chi connectivity index (χ2n) is 6.05. The maximum absolute atomic E-state index is 12.3. The summed E-state index contributed by atoms with van der Waals surface area (Å²) in [7, 11) is 0. The Bertz CT molecular complexity index is 549. The van der Waals surface area contributed by atoms with Crippen molar-refractivity contribution in [2.45, 2.75) is 39.2 Å². The standard InChI is InChI=1S/C15H20N2O4/c1-9-5-10(2)7-11(6-9)16-15(19)13-8-12(18)3-4-14(13)17(20)21/h3-4,8-11,18H,5-7H2,1-2H3,(H,16,19). The molecule has 2 unspecified atom stereocenters. The largest absolute Gasteiger partial charge is 0.508 e. The zero-order valence-corrected chi connectivity index (χ0v) is 12.2. The highest BCUT2D eigenvalue weighted by atomic mass is 16.6. The first-order valence-corrected chi connectivity index (χ1v) is 7.15. The lowest BCUT2D eigenvalue weighted by Crippen LogP contribution is -2.40. The number of carbonyl (C=O) groups excluding carboxylic acids is 1. The molecule has 1 aromatic carbocycles. The second kappa shape index (κ2) is 6.11. The molecule has 0 radical (unpaired) electrons. The van der Waals surface area contributed by atoms with E-state index in [0.29, 0.717) is 11.8 Å². The highest BCUT2D eigenvalue weighted by Crippen LogP contribution is 2.29. The van der Waals surface area contributed by atoms with E-state index in [1.165, 1.54) is 6.07 Å². The number of hydrogen-bond donors (Lipinski definition) is 2. The smallest absolute Gasteiger partial charge is 0.282 e. The molecule has 1 fully saturated rings. The Balaban J connectivity index is 2.16. The van der Waals surface area contributed by atoms with Gasteiger partial charge in [0.05, 0.1) is 4.92 Å². The van der Waals surface area contributed by atoms with Gasteiger partial charge >= 0.3 is 0 Å². The van der Waals surface area contributed by atoms with Gasteiger partial charge in [-0.15, -0.1) is 0 Å². The summed E-state index contributed by atoms with van der Waals surface area (Å²) in [6.07, 6.45) is 2.89. The monoisotopic (exact) mass is 292 g/mol. The summed E-state index contributed by atoms with van der Waals surface area (Å²) < 4.78 is 0. The van der Waals surface area contributed by atoms with Gasteiger partial charge < -0.3 is 10.4 Å². The number of aromatic hydroxyl groups is 1. The predicted molar refractivity (Wildman–Crippen MR) is 78.2 cm³/mol. The first-order chi connectivity index (χ1) is 9.86. The van der Waals surface area contributed by atoms with E-state index in [9.17, 15) is 20.0 Å². The number of phenolic OH excluding ortho intramolecular Hbond substituents is 1. The quantitative estimate of drug-likeness (QED) is 0.661. The van der Waals surface area contributed by atoms with E-state index in [4.69, 9.17) is 0 Å². The van der Waals surface area contributed by atoms with E-state index in [1.54, 1.807) is 0 Å². The molecule has 1 saturated carbocycles. The van der Waals surface area contributed by atoms with E-state index in [2.05, 4.69) is 19.2 Å². The molecule has 1 aliphatic rings. The molecule has 0 heterocycles. The fraction of sp³-hybridized carbons (Fsp3) is 0.533. The number of nitrogens with zero attached hydrogens (tertiary/aromatic N) is 1.